The van der Waals surface area contributed by atoms with Crippen LogP contribution in [-0.2, 0) is 17.6 Å². The Labute approximate surface area is 177 Å². The lowest BCUT2D eigenvalue weighted by molar-refractivity contribution is 0.122. The van der Waals surface area contributed by atoms with Crippen molar-refractivity contribution in [3.63, 3.8) is 0 Å². The number of hydrogen-bond donors (Lipinski definition) is 0. The van der Waals surface area contributed by atoms with Crippen LogP contribution in [0.15, 0.2) is 48.5 Å². The smallest absolute Gasteiger partial charge is 0.0642 e. The van der Waals surface area contributed by atoms with E-state index in [-0.39, 0.29) is 5.54 Å². The highest BCUT2D eigenvalue weighted by Crippen LogP contribution is 2.29. The molecule has 0 aromatic heterocycles. The van der Waals surface area contributed by atoms with E-state index in [9.17, 15) is 0 Å². The maximum atomic E-state index is 5.48. The van der Waals surface area contributed by atoms with Gasteiger partial charge in [-0.05, 0) is 68.1 Å². The van der Waals surface area contributed by atoms with E-state index in [1.54, 1.807) is 0 Å². The van der Waals surface area contributed by atoms with Gasteiger partial charge in [-0.25, -0.2) is 0 Å². The van der Waals surface area contributed by atoms with Crippen LogP contribution in [0.1, 0.15) is 49.8 Å². The summed E-state index contributed by atoms with van der Waals surface area (Å²) in [6.07, 6.45) is 3.25. The topological polar surface area (TPSA) is 15.7 Å². The Bertz CT molecular complexity index is 745. The van der Waals surface area contributed by atoms with Crippen molar-refractivity contribution in [3.05, 3.63) is 65.2 Å². The summed E-state index contributed by atoms with van der Waals surface area (Å²) in [6.45, 7) is 10.5. The van der Waals surface area contributed by atoms with E-state index in [1.807, 2.05) is 0 Å². The number of benzene rings is 2. The van der Waals surface area contributed by atoms with E-state index in [2.05, 4.69) is 93.2 Å². The first kappa shape index (κ1) is 21.9. The Hall–Kier alpha value is -1.84. The van der Waals surface area contributed by atoms with Crippen LogP contribution >= 0.6 is 0 Å². The molecule has 1 fully saturated rings. The van der Waals surface area contributed by atoms with Gasteiger partial charge in [0, 0.05) is 24.3 Å². The van der Waals surface area contributed by atoms with Gasteiger partial charge in [-0.1, -0.05) is 57.2 Å². The van der Waals surface area contributed by atoms with Gasteiger partial charge in [0.1, 0.15) is 0 Å². The standard InChI is InChI=1S/C26H38N2O/c1-6-26(27(4)5,19-22-7-11-24(12-8-22)21(2)3)20-23-9-13-25(14-10-23)28-15-17-29-18-16-28/h7-14,21H,6,15-20H2,1-5H3. The van der Waals surface area contributed by atoms with Gasteiger partial charge in [0.05, 0.1) is 13.2 Å². The summed E-state index contributed by atoms with van der Waals surface area (Å²) in [5.74, 6) is 0.582. The maximum Gasteiger partial charge on any atom is 0.0642 e. The highest BCUT2D eigenvalue weighted by Gasteiger charge is 2.31. The molecule has 0 bridgehead atoms. The summed E-state index contributed by atoms with van der Waals surface area (Å²) in [5.41, 5.74) is 5.69. The number of nitrogens with zero attached hydrogens (tertiary/aromatic N) is 2. The van der Waals surface area contributed by atoms with Crippen molar-refractivity contribution < 1.29 is 4.74 Å². The minimum Gasteiger partial charge on any atom is -0.378 e. The molecular weight excluding hydrogens is 356 g/mol. The zero-order valence-electron chi connectivity index (χ0n) is 18.9. The van der Waals surface area contributed by atoms with Gasteiger partial charge in [-0.15, -0.1) is 0 Å². The lowest BCUT2D eigenvalue weighted by Gasteiger charge is -2.40. The molecule has 0 radical (unpaired) electrons. The van der Waals surface area contributed by atoms with Crippen LogP contribution in [0, 0.1) is 0 Å². The predicted octanol–water partition coefficient (Wildman–Crippen LogP) is 5.14. The van der Waals surface area contributed by atoms with Crippen molar-refractivity contribution in [2.24, 2.45) is 0 Å². The maximum absolute atomic E-state index is 5.48. The molecule has 0 saturated carbocycles. The minimum absolute atomic E-state index is 0.125. The van der Waals surface area contributed by atoms with E-state index in [1.165, 1.54) is 22.4 Å². The van der Waals surface area contributed by atoms with Gasteiger partial charge >= 0.3 is 0 Å². The molecule has 1 aliphatic heterocycles. The number of anilines is 1. The van der Waals surface area contributed by atoms with E-state index >= 15 is 0 Å². The summed E-state index contributed by atoms with van der Waals surface area (Å²) >= 11 is 0. The summed E-state index contributed by atoms with van der Waals surface area (Å²) in [4.78, 5) is 4.85. The summed E-state index contributed by atoms with van der Waals surface area (Å²) in [6, 6.07) is 18.5. The van der Waals surface area contributed by atoms with Crippen molar-refractivity contribution >= 4 is 5.69 Å². The highest BCUT2D eigenvalue weighted by molar-refractivity contribution is 5.48. The van der Waals surface area contributed by atoms with Crippen LogP contribution in [0.2, 0.25) is 0 Å². The first-order chi connectivity index (χ1) is 13.9. The molecule has 158 valence electrons. The lowest BCUT2D eigenvalue weighted by atomic mass is 9.81. The number of hydrogen-bond acceptors (Lipinski definition) is 3. The molecule has 1 atom stereocenters. The molecule has 2 aromatic rings. The second-order valence-electron chi connectivity index (χ2n) is 8.99. The largest absolute Gasteiger partial charge is 0.378 e. The fourth-order valence-electron chi connectivity index (χ4n) is 4.37. The Balaban J connectivity index is 1.75. The average molecular weight is 395 g/mol. The van der Waals surface area contributed by atoms with Gasteiger partial charge in [0.15, 0.2) is 0 Å². The fraction of sp³-hybridized carbons (Fsp3) is 0.538. The van der Waals surface area contributed by atoms with Gasteiger partial charge in [0.2, 0.25) is 0 Å². The summed E-state index contributed by atoms with van der Waals surface area (Å²) in [7, 11) is 4.46. The van der Waals surface area contributed by atoms with Crippen molar-refractivity contribution in [1.29, 1.82) is 0 Å². The van der Waals surface area contributed by atoms with Crippen LogP contribution in [-0.4, -0.2) is 50.8 Å². The molecule has 1 unspecified atom stereocenters. The van der Waals surface area contributed by atoms with Crippen molar-refractivity contribution in [2.45, 2.75) is 51.5 Å². The molecule has 29 heavy (non-hydrogen) atoms. The molecule has 1 heterocycles. The third-order valence-electron chi connectivity index (χ3n) is 6.63. The van der Waals surface area contributed by atoms with Crippen LogP contribution in [0.5, 0.6) is 0 Å². The van der Waals surface area contributed by atoms with E-state index < -0.39 is 0 Å². The molecule has 3 nitrogen and oxygen atoms in total. The molecule has 3 rings (SSSR count). The fourth-order valence-corrected chi connectivity index (χ4v) is 4.37. The van der Waals surface area contributed by atoms with Crippen LogP contribution in [0.25, 0.3) is 0 Å². The quantitative estimate of drug-likeness (QED) is 0.616. The second-order valence-corrected chi connectivity index (χ2v) is 8.99. The predicted molar refractivity (Wildman–Crippen MR) is 124 cm³/mol. The molecule has 2 aromatic carbocycles. The normalized spacial score (nSPS) is 17.0. The second kappa shape index (κ2) is 9.77. The Morgan fingerprint density at radius 3 is 1.86 bits per heavy atom. The van der Waals surface area contributed by atoms with Crippen LogP contribution < -0.4 is 4.90 Å². The zero-order valence-corrected chi connectivity index (χ0v) is 18.9. The number of morpholine rings is 1. The molecule has 0 amide bonds. The van der Waals surface area contributed by atoms with Crippen molar-refractivity contribution in [1.82, 2.24) is 4.90 Å². The highest BCUT2D eigenvalue weighted by atomic mass is 16.5. The van der Waals surface area contributed by atoms with Gasteiger partial charge in [0.25, 0.3) is 0 Å². The summed E-state index contributed by atoms with van der Waals surface area (Å²) < 4.78 is 5.48. The number of rotatable bonds is 8. The number of likely N-dealkylation sites (N-methyl/N-ethyl adjacent to an activating group) is 1. The first-order valence-electron chi connectivity index (χ1n) is 11.1. The monoisotopic (exact) mass is 394 g/mol. The minimum atomic E-state index is 0.125. The van der Waals surface area contributed by atoms with Crippen LogP contribution in [0.3, 0.4) is 0 Å². The van der Waals surface area contributed by atoms with Crippen molar-refractivity contribution in [3.8, 4) is 0 Å². The molecule has 3 heteroatoms. The Kier molecular flexibility index (Phi) is 7.37. The molecule has 0 aliphatic carbocycles. The first-order valence-corrected chi connectivity index (χ1v) is 11.1. The molecule has 1 saturated heterocycles. The van der Waals surface area contributed by atoms with E-state index in [0.717, 1.165) is 45.6 Å². The summed E-state index contributed by atoms with van der Waals surface area (Å²) in [5, 5.41) is 0. The molecule has 1 aliphatic rings. The third kappa shape index (κ3) is 5.40. The zero-order chi connectivity index (χ0) is 20.9. The average Bonchev–Trinajstić information content (AvgIpc) is 2.74. The van der Waals surface area contributed by atoms with Gasteiger partial charge < -0.3 is 14.5 Å². The molecular formula is C26H38N2O. The van der Waals surface area contributed by atoms with Gasteiger partial charge in [-0.3, -0.25) is 0 Å². The molecule has 0 spiro atoms. The van der Waals surface area contributed by atoms with Crippen LogP contribution in [0.4, 0.5) is 5.69 Å². The SMILES string of the molecule is CCC(Cc1ccc(C(C)C)cc1)(Cc1ccc(N2CCOCC2)cc1)N(C)C. The van der Waals surface area contributed by atoms with E-state index in [4.69, 9.17) is 4.74 Å². The van der Waals surface area contributed by atoms with E-state index in [0.29, 0.717) is 5.92 Å². The van der Waals surface area contributed by atoms with Gasteiger partial charge in [-0.2, -0.15) is 0 Å². The van der Waals surface area contributed by atoms with Crippen molar-refractivity contribution in [2.75, 3.05) is 45.3 Å². The Morgan fingerprint density at radius 2 is 1.41 bits per heavy atom. The molecule has 0 N–H and O–H groups in total. The lowest BCUT2D eigenvalue weighted by Crippen LogP contribution is -2.47. The Morgan fingerprint density at radius 1 is 0.897 bits per heavy atom. The third-order valence-corrected chi connectivity index (χ3v) is 6.63. The number of ether oxygens (including phenoxy) is 1.